The second-order valence-electron chi connectivity index (χ2n) is 5.15. The van der Waals surface area contributed by atoms with Crippen molar-refractivity contribution in [3.8, 4) is 0 Å². The molecule has 0 spiro atoms. The van der Waals surface area contributed by atoms with Crippen molar-refractivity contribution in [2.45, 2.75) is 25.4 Å². The van der Waals surface area contributed by atoms with Crippen LogP contribution in [0.15, 0.2) is 12.5 Å². The number of hydrogen-bond donors (Lipinski definition) is 1. The van der Waals surface area contributed by atoms with Gasteiger partial charge >= 0.3 is 0 Å². The molecule has 0 radical (unpaired) electrons. The van der Waals surface area contributed by atoms with Crippen molar-refractivity contribution in [3.05, 3.63) is 18.1 Å². The fourth-order valence-corrected chi connectivity index (χ4v) is 2.65. The molecule has 1 atom stereocenters. The van der Waals surface area contributed by atoms with Gasteiger partial charge in [0.2, 0.25) is 0 Å². The Bertz CT molecular complexity index is 379. The molecule has 1 saturated heterocycles. The zero-order valence-electron chi connectivity index (χ0n) is 11.6. The minimum atomic E-state index is 0.575. The van der Waals surface area contributed by atoms with Crippen molar-refractivity contribution in [2.24, 2.45) is 0 Å². The van der Waals surface area contributed by atoms with E-state index in [1.807, 2.05) is 13.2 Å². The average molecular weight is 249 g/mol. The van der Waals surface area contributed by atoms with E-state index in [2.05, 4.69) is 39.2 Å². The van der Waals surface area contributed by atoms with E-state index in [-0.39, 0.29) is 0 Å². The van der Waals surface area contributed by atoms with E-state index in [1.54, 1.807) is 6.33 Å². The Hall–Kier alpha value is -1.20. The minimum absolute atomic E-state index is 0.575. The molecule has 1 fully saturated rings. The maximum Gasteiger partial charge on any atom is 0.136 e. The van der Waals surface area contributed by atoms with Crippen LogP contribution in [-0.2, 0) is 6.54 Å². The van der Waals surface area contributed by atoms with Crippen LogP contribution in [0.3, 0.4) is 0 Å². The Balaban J connectivity index is 2.18. The van der Waals surface area contributed by atoms with Crippen LogP contribution >= 0.6 is 0 Å². The van der Waals surface area contributed by atoms with E-state index in [4.69, 9.17) is 0 Å². The third-order valence-corrected chi connectivity index (χ3v) is 3.36. The van der Waals surface area contributed by atoms with Gasteiger partial charge in [0.25, 0.3) is 0 Å². The highest BCUT2D eigenvalue weighted by molar-refractivity contribution is 5.47. The Morgan fingerprint density at radius 1 is 1.50 bits per heavy atom. The summed E-state index contributed by atoms with van der Waals surface area (Å²) in [6, 6.07) is 0.575. The van der Waals surface area contributed by atoms with Crippen LogP contribution in [0, 0.1) is 0 Å². The third kappa shape index (κ3) is 2.97. The summed E-state index contributed by atoms with van der Waals surface area (Å²) in [5.74, 6) is 1.10. The van der Waals surface area contributed by atoms with Crippen LogP contribution < -0.4 is 10.2 Å². The molecule has 1 unspecified atom stereocenters. The normalized spacial score (nSPS) is 19.8. The molecule has 0 aliphatic carbocycles. The molecule has 0 bridgehead atoms. The predicted molar refractivity (Wildman–Crippen MR) is 73.7 cm³/mol. The zero-order valence-corrected chi connectivity index (χ0v) is 11.6. The number of aromatic nitrogens is 2. The van der Waals surface area contributed by atoms with E-state index in [1.165, 1.54) is 18.4 Å². The molecule has 100 valence electrons. The summed E-state index contributed by atoms with van der Waals surface area (Å²) in [7, 11) is 6.22. The molecule has 1 aliphatic rings. The van der Waals surface area contributed by atoms with Gasteiger partial charge in [-0.25, -0.2) is 9.97 Å². The molecule has 5 heteroatoms. The fraction of sp³-hybridized carbons (Fsp3) is 0.692. The maximum absolute atomic E-state index is 4.49. The van der Waals surface area contributed by atoms with Gasteiger partial charge in [0, 0.05) is 37.4 Å². The summed E-state index contributed by atoms with van der Waals surface area (Å²) >= 11 is 0. The molecule has 1 aromatic heterocycles. The Morgan fingerprint density at radius 2 is 2.33 bits per heavy atom. The van der Waals surface area contributed by atoms with Crippen LogP contribution in [0.4, 0.5) is 5.82 Å². The minimum Gasteiger partial charge on any atom is -0.352 e. The van der Waals surface area contributed by atoms with Gasteiger partial charge in [0.15, 0.2) is 0 Å². The summed E-state index contributed by atoms with van der Waals surface area (Å²) in [5, 5.41) is 3.19. The molecule has 2 heterocycles. The van der Waals surface area contributed by atoms with Gasteiger partial charge in [0.05, 0.1) is 0 Å². The van der Waals surface area contributed by atoms with E-state index < -0.39 is 0 Å². The van der Waals surface area contributed by atoms with Gasteiger partial charge in [-0.2, -0.15) is 0 Å². The molecule has 1 aromatic rings. The predicted octanol–water partition coefficient (Wildman–Crippen LogP) is 0.726. The molecule has 1 N–H and O–H groups in total. The number of nitrogens with zero attached hydrogens (tertiary/aromatic N) is 4. The zero-order chi connectivity index (χ0) is 13.0. The summed E-state index contributed by atoms with van der Waals surface area (Å²) in [6.45, 7) is 3.01. The first-order valence-corrected chi connectivity index (χ1v) is 6.57. The highest BCUT2D eigenvalue weighted by Crippen LogP contribution is 2.26. The highest BCUT2D eigenvalue weighted by Gasteiger charge is 2.27. The second-order valence-corrected chi connectivity index (χ2v) is 5.15. The largest absolute Gasteiger partial charge is 0.352 e. The topological polar surface area (TPSA) is 44.3 Å². The molecule has 0 saturated carbocycles. The van der Waals surface area contributed by atoms with Crippen molar-refractivity contribution >= 4 is 5.82 Å². The average Bonchev–Trinajstić information content (AvgIpc) is 2.77. The van der Waals surface area contributed by atoms with Gasteiger partial charge in [-0.1, -0.05) is 0 Å². The van der Waals surface area contributed by atoms with E-state index in [0.29, 0.717) is 6.04 Å². The molecule has 2 rings (SSSR count). The van der Waals surface area contributed by atoms with Crippen molar-refractivity contribution in [3.63, 3.8) is 0 Å². The van der Waals surface area contributed by atoms with E-state index >= 15 is 0 Å². The van der Waals surface area contributed by atoms with E-state index in [0.717, 1.165) is 25.5 Å². The first-order valence-electron chi connectivity index (χ1n) is 6.57. The number of hydrogen-bond acceptors (Lipinski definition) is 5. The molecular formula is C13H23N5. The van der Waals surface area contributed by atoms with Gasteiger partial charge in [-0.15, -0.1) is 0 Å². The van der Waals surface area contributed by atoms with Crippen molar-refractivity contribution in [1.82, 2.24) is 20.2 Å². The number of nitrogens with one attached hydrogen (secondary N) is 1. The molecule has 1 aliphatic heterocycles. The third-order valence-electron chi connectivity index (χ3n) is 3.36. The van der Waals surface area contributed by atoms with Gasteiger partial charge in [0.1, 0.15) is 12.1 Å². The summed E-state index contributed by atoms with van der Waals surface area (Å²) < 4.78 is 0. The van der Waals surface area contributed by atoms with Gasteiger partial charge < -0.3 is 15.1 Å². The fourth-order valence-electron chi connectivity index (χ4n) is 2.65. The lowest BCUT2D eigenvalue weighted by Gasteiger charge is -2.29. The quantitative estimate of drug-likeness (QED) is 0.833. The summed E-state index contributed by atoms with van der Waals surface area (Å²) in [5.41, 5.74) is 1.19. The number of anilines is 1. The first-order chi connectivity index (χ1) is 8.72. The standard InChI is InChI=1S/C13H23N5/c1-14-7-11-8-15-10-16-13(11)18-6-4-5-12(18)9-17(2)3/h8,10,12,14H,4-7,9H2,1-3H3. The van der Waals surface area contributed by atoms with Crippen LogP contribution in [0.25, 0.3) is 0 Å². The lowest BCUT2D eigenvalue weighted by Crippen LogP contribution is -2.38. The molecule has 0 aromatic carbocycles. The van der Waals surface area contributed by atoms with Crippen molar-refractivity contribution in [1.29, 1.82) is 0 Å². The number of rotatable bonds is 5. The van der Waals surface area contributed by atoms with Crippen LogP contribution in [0.5, 0.6) is 0 Å². The number of likely N-dealkylation sites (N-methyl/N-ethyl adjacent to an activating group) is 1. The van der Waals surface area contributed by atoms with Crippen molar-refractivity contribution in [2.75, 3.05) is 39.1 Å². The SMILES string of the molecule is CNCc1cncnc1N1CCCC1CN(C)C. The Labute approximate surface area is 109 Å². The first kappa shape index (κ1) is 13.2. The maximum atomic E-state index is 4.49. The van der Waals surface area contributed by atoms with Gasteiger partial charge in [-0.05, 0) is 34.0 Å². The highest BCUT2D eigenvalue weighted by atomic mass is 15.3. The molecule has 18 heavy (non-hydrogen) atoms. The monoisotopic (exact) mass is 249 g/mol. The van der Waals surface area contributed by atoms with E-state index in [9.17, 15) is 0 Å². The summed E-state index contributed by atoms with van der Waals surface area (Å²) in [6.07, 6.45) is 6.08. The van der Waals surface area contributed by atoms with Crippen LogP contribution in [0.2, 0.25) is 0 Å². The van der Waals surface area contributed by atoms with Gasteiger partial charge in [-0.3, -0.25) is 0 Å². The lowest BCUT2D eigenvalue weighted by atomic mass is 10.2. The van der Waals surface area contributed by atoms with Crippen molar-refractivity contribution < 1.29 is 0 Å². The summed E-state index contributed by atoms with van der Waals surface area (Å²) in [4.78, 5) is 13.3. The second kappa shape index (κ2) is 6.11. The van der Waals surface area contributed by atoms with Crippen LogP contribution in [0.1, 0.15) is 18.4 Å². The smallest absolute Gasteiger partial charge is 0.136 e. The molecule has 0 amide bonds. The Kier molecular flexibility index (Phi) is 4.49. The van der Waals surface area contributed by atoms with Crippen LogP contribution in [-0.4, -0.2) is 55.1 Å². The molecule has 5 nitrogen and oxygen atoms in total. The lowest BCUT2D eigenvalue weighted by molar-refractivity contribution is 0.371. The Morgan fingerprint density at radius 3 is 3.06 bits per heavy atom. The molecular weight excluding hydrogens is 226 g/mol.